The second-order valence-electron chi connectivity index (χ2n) is 4.60. The Morgan fingerprint density at radius 3 is 2.68 bits per heavy atom. The van der Waals surface area contributed by atoms with Crippen LogP contribution in [0.15, 0.2) is 42.6 Å². The van der Waals surface area contributed by atoms with Gasteiger partial charge in [0.05, 0.1) is 11.4 Å². The summed E-state index contributed by atoms with van der Waals surface area (Å²) in [4.78, 5) is 3.90. The number of halogens is 1. The molecule has 0 aliphatic rings. The number of anilines is 1. The van der Waals surface area contributed by atoms with Gasteiger partial charge in [-0.1, -0.05) is 29.7 Å². The molecular formula is C16H15ClN2O2S. The molecule has 1 heterocycles. The molecule has 1 aromatic heterocycles. The number of hydrogen-bond donors (Lipinski definition) is 0. The maximum Gasteiger partial charge on any atom is 0.239 e. The fraction of sp³-hybridized carbons (Fsp3) is 0.188. The van der Waals surface area contributed by atoms with E-state index in [0.717, 1.165) is 0 Å². The van der Waals surface area contributed by atoms with Crippen molar-refractivity contribution < 1.29 is 8.42 Å². The van der Waals surface area contributed by atoms with Crippen LogP contribution in [0.3, 0.4) is 0 Å². The fourth-order valence-electron chi connectivity index (χ4n) is 2.07. The largest absolute Gasteiger partial charge is 0.270 e. The maximum atomic E-state index is 12.6. The average molecular weight is 335 g/mol. The molecular weight excluding hydrogens is 320 g/mol. The lowest BCUT2D eigenvalue weighted by molar-refractivity contribution is 0.591. The smallest absolute Gasteiger partial charge is 0.239 e. The Hall–Kier alpha value is -2.03. The third-order valence-electron chi connectivity index (χ3n) is 3.06. The van der Waals surface area contributed by atoms with Gasteiger partial charge >= 0.3 is 0 Å². The number of hydrogen-bond acceptors (Lipinski definition) is 3. The summed E-state index contributed by atoms with van der Waals surface area (Å²) < 4.78 is 26.6. The van der Waals surface area contributed by atoms with Gasteiger partial charge in [-0.15, -0.1) is 6.42 Å². The van der Waals surface area contributed by atoms with Crippen LogP contribution in [0.1, 0.15) is 18.1 Å². The molecule has 0 spiro atoms. The summed E-state index contributed by atoms with van der Waals surface area (Å²) in [6, 6.07) is 10.1. The minimum absolute atomic E-state index is 0.148. The summed E-state index contributed by atoms with van der Waals surface area (Å²) in [6.45, 7) is 2.09. The van der Waals surface area contributed by atoms with Crippen molar-refractivity contribution in [3.8, 4) is 12.3 Å². The van der Waals surface area contributed by atoms with E-state index in [0.29, 0.717) is 28.5 Å². The molecule has 2 rings (SSSR count). The number of terminal acetylenes is 1. The van der Waals surface area contributed by atoms with Gasteiger partial charge < -0.3 is 0 Å². The minimum Gasteiger partial charge on any atom is -0.270 e. The van der Waals surface area contributed by atoms with E-state index in [1.165, 1.54) is 10.5 Å². The van der Waals surface area contributed by atoms with Crippen molar-refractivity contribution in [2.75, 3.05) is 10.8 Å². The van der Waals surface area contributed by atoms with Crippen LogP contribution in [0, 0.1) is 12.3 Å². The van der Waals surface area contributed by atoms with Crippen molar-refractivity contribution in [1.29, 1.82) is 0 Å². The van der Waals surface area contributed by atoms with Gasteiger partial charge in [0.1, 0.15) is 5.15 Å². The highest BCUT2D eigenvalue weighted by Crippen LogP contribution is 2.22. The molecule has 0 saturated heterocycles. The molecule has 0 aliphatic carbocycles. The first-order chi connectivity index (χ1) is 10.5. The van der Waals surface area contributed by atoms with Gasteiger partial charge in [-0.3, -0.25) is 4.31 Å². The quantitative estimate of drug-likeness (QED) is 0.623. The van der Waals surface area contributed by atoms with Gasteiger partial charge in [-0.05, 0) is 36.8 Å². The number of sulfonamides is 1. The van der Waals surface area contributed by atoms with E-state index in [2.05, 4.69) is 10.9 Å². The highest BCUT2D eigenvalue weighted by Gasteiger charge is 2.21. The zero-order valence-corrected chi connectivity index (χ0v) is 13.6. The Labute approximate surface area is 135 Å². The first-order valence-electron chi connectivity index (χ1n) is 6.64. The first-order valence-corrected chi connectivity index (χ1v) is 8.62. The van der Waals surface area contributed by atoms with Crippen LogP contribution in [-0.2, 0) is 15.8 Å². The molecule has 6 heteroatoms. The number of benzene rings is 1. The maximum absolute atomic E-state index is 12.6. The van der Waals surface area contributed by atoms with Crippen LogP contribution in [0.25, 0.3) is 0 Å². The van der Waals surface area contributed by atoms with E-state index in [1.807, 2.05) is 0 Å². The van der Waals surface area contributed by atoms with Crippen LogP contribution in [0.4, 0.5) is 5.69 Å². The molecule has 0 amide bonds. The van der Waals surface area contributed by atoms with Crippen molar-refractivity contribution in [3.05, 3.63) is 58.9 Å². The second-order valence-corrected chi connectivity index (χ2v) is 6.89. The lowest BCUT2D eigenvalue weighted by Crippen LogP contribution is -2.31. The van der Waals surface area contributed by atoms with Crippen LogP contribution in [-0.4, -0.2) is 19.9 Å². The van der Waals surface area contributed by atoms with E-state index >= 15 is 0 Å². The van der Waals surface area contributed by atoms with E-state index < -0.39 is 10.0 Å². The molecule has 0 fully saturated rings. The van der Waals surface area contributed by atoms with E-state index in [9.17, 15) is 8.42 Å². The van der Waals surface area contributed by atoms with Crippen LogP contribution in [0.5, 0.6) is 0 Å². The van der Waals surface area contributed by atoms with E-state index in [-0.39, 0.29) is 5.75 Å². The van der Waals surface area contributed by atoms with Gasteiger partial charge in [0.15, 0.2) is 0 Å². The normalized spacial score (nSPS) is 11.0. The molecule has 2 aromatic rings. The predicted molar refractivity (Wildman–Crippen MR) is 89.3 cm³/mol. The lowest BCUT2D eigenvalue weighted by atomic mass is 10.2. The summed E-state index contributed by atoms with van der Waals surface area (Å²) in [6.07, 6.45) is 6.83. The molecule has 0 saturated carbocycles. The SMILES string of the molecule is C#Cc1cccc(N(CC)S(=O)(=O)Cc2ccc(Cl)nc2)c1. The molecule has 0 aliphatic heterocycles. The Kier molecular flexibility index (Phi) is 5.07. The second kappa shape index (κ2) is 6.82. The van der Waals surface area contributed by atoms with Crippen molar-refractivity contribution in [2.45, 2.75) is 12.7 Å². The van der Waals surface area contributed by atoms with Gasteiger partial charge in [0.2, 0.25) is 10.0 Å². The van der Waals surface area contributed by atoms with Crippen molar-refractivity contribution in [1.82, 2.24) is 4.98 Å². The zero-order chi connectivity index (χ0) is 16.2. The summed E-state index contributed by atoms with van der Waals surface area (Å²) in [5, 5.41) is 0.329. The first kappa shape index (κ1) is 16.3. The highest BCUT2D eigenvalue weighted by molar-refractivity contribution is 7.92. The van der Waals surface area contributed by atoms with Crippen molar-refractivity contribution in [3.63, 3.8) is 0 Å². The monoisotopic (exact) mass is 334 g/mol. The molecule has 1 aromatic carbocycles. The molecule has 0 bridgehead atoms. The summed E-state index contributed by atoms with van der Waals surface area (Å²) in [7, 11) is -3.53. The van der Waals surface area contributed by atoms with Crippen LogP contribution in [0.2, 0.25) is 5.15 Å². The van der Waals surface area contributed by atoms with Crippen molar-refractivity contribution in [2.24, 2.45) is 0 Å². The summed E-state index contributed by atoms with van der Waals surface area (Å²) >= 11 is 5.71. The lowest BCUT2D eigenvalue weighted by Gasteiger charge is -2.23. The molecule has 0 atom stereocenters. The summed E-state index contributed by atoms with van der Waals surface area (Å²) in [5.41, 5.74) is 1.77. The third kappa shape index (κ3) is 3.79. The average Bonchev–Trinajstić information content (AvgIpc) is 2.50. The van der Waals surface area contributed by atoms with Crippen molar-refractivity contribution >= 4 is 27.3 Å². The standard InChI is InChI=1S/C16H15ClN2O2S/c1-3-13-6-5-7-15(10-13)19(4-2)22(20,21)12-14-8-9-16(17)18-11-14/h1,5-11H,4,12H2,2H3. The number of nitrogens with zero attached hydrogens (tertiary/aromatic N) is 2. The van der Waals surface area contributed by atoms with Gasteiger partial charge in [-0.2, -0.15) is 0 Å². The predicted octanol–water partition coefficient (Wildman–Crippen LogP) is 3.07. The van der Waals surface area contributed by atoms with Gasteiger partial charge in [0.25, 0.3) is 0 Å². The highest BCUT2D eigenvalue weighted by atomic mass is 35.5. The molecule has 0 unspecified atom stereocenters. The topological polar surface area (TPSA) is 50.3 Å². The summed E-state index contributed by atoms with van der Waals surface area (Å²) in [5.74, 6) is 2.36. The Bertz CT molecular complexity index is 796. The number of rotatable bonds is 5. The Morgan fingerprint density at radius 2 is 2.09 bits per heavy atom. The Balaban J connectivity index is 2.32. The molecule has 4 nitrogen and oxygen atoms in total. The minimum atomic E-state index is -3.53. The van der Waals surface area contributed by atoms with Crippen LogP contribution < -0.4 is 4.31 Å². The molecule has 22 heavy (non-hydrogen) atoms. The number of pyridine rings is 1. The van der Waals surface area contributed by atoms with E-state index in [1.54, 1.807) is 43.3 Å². The zero-order valence-electron chi connectivity index (χ0n) is 12.0. The van der Waals surface area contributed by atoms with Crippen LogP contribution >= 0.6 is 11.6 Å². The Morgan fingerprint density at radius 1 is 1.32 bits per heavy atom. The molecule has 0 N–H and O–H groups in total. The molecule has 0 radical (unpaired) electrons. The fourth-order valence-corrected chi connectivity index (χ4v) is 3.76. The number of aromatic nitrogens is 1. The van der Waals surface area contributed by atoms with Gasteiger partial charge in [0, 0.05) is 18.3 Å². The van der Waals surface area contributed by atoms with Gasteiger partial charge in [-0.25, -0.2) is 13.4 Å². The molecule has 114 valence electrons. The third-order valence-corrected chi connectivity index (χ3v) is 5.12. The van der Waals surface area contributed by atoms with E-state index in [4.69, 9.17) is 18.0 Å².